The Morgan fingerprint density at radius 2 is 1.52 bits per heavy atom. The second kappa shape index (κ2) is 12.7. The lowest BCUT2D eigenvalue weighted by molar-refractivity contribution is -0.193. The van der Waals surface area contributed by atoms with Crippen LogP contribution in [-0.4, -0.2) is 59.5 Å². The van der Waals surface area contributed by atoms with Crippen molar-refractivity contribution in [1.82, 2.24) is 0 Å². The number of rotatable bonds is 6. The van der Waals surface area contributed by atoms with Gasteiger partial charge in [0.1, 0.15) is 24.4 Å². The average Bonchev–Trinajstić information content (AvgIpc) is 2.93. The number of carbonyl (C=O) groups excluding carboxylic acids is 4. The fraction of sp³-hybridized carbons (Fsp3) is 0.543. The van der Waals surface area contributed by atoms with E-state index in [-0.39, 0.29) is 0 Å². The molecule has 9 nitrogen and oxygen atoms in total. The fourth-order valence-corrected chi connectivity index (χ4v) is 7.80. The van der Waals surface area contributed by atoms with Gasteiger partial charge in [-0.15, -0.1) is 0 Å². The van der Waals surface area contributed by atoms with Gasteiger partial charge in [0.15, 0.2) is 6.10 Å². The lowest BCUT2D eigenvalue weighted by Gasteiger charge is -2.59. The van der Waals surface area contributed by atoms with E-state index in [1.54, 1.807) is 6.08 Å². The number of hydrogen-bond acceptors (Lipinski definition) is 9. The summed E-state index contributed by atoms with van der Waals surface area (Å²) in [5.41, 5.74) is 0.920. The molecule has 44 heavy (non-hydrogen) atoms. The van der Waals surface area contributed by atoms with E-state index in [9.17, 15) is 24.3 Å². The number of benzene rings is 1. The van der Waals surface area contributed by atoms with Gasteiger partial charge in [-0.25, -0.2) is 4.79 Å². The summed E-state index contributed by atoms with van der Waals surface area (Å²) in [6.45, 7) is 15.9. The van der Waals surface area contributed by atoms with Crippen LogP contribution < -0.4 is 0 Å². The van der Waals surface area contributed by atoms with Crippen molar-refractivity contribution in [3.8, 4) is 0 Å². The first-order chi connectivity index (χ1) is 20.6. The van der Waals surface area contributed by atoms with E-state index in [0.717, 1.165) is 5.56 Å². The second-order valence-corrected chi connectivity index (χ2v) is 13.1. The van der Waals surface area contributed by atoms with E-state index >= 15 is 0 Å². The maximum atomic E-state index is 13.0. The van der Waals surface area contributed by atoms with Gasteiger partial charge < -0.3 is 24.1 Å². The highest BCUT2D eigenvalue weighted by Crippen LogP contribution is 2.60. The zero-order valence-corrected chi connectivity index (χ0v) is 26.6. The number of fused-ring (bicyclic) bond motifs is 3. The summed E-state index contributed by atoms with van der Waals surface area (Å²) in [5, 5.41) is 12.2. The molecule has 2 saturated carbocycles. The molecule has 8 atom stereocenters. The number of hydrogen-bond donors (Lipinski definition) is 1. The topological polar surface area (TPSA) is 125 Å². The molecule has 1 aromatic carbocycles. The van der Waals surface area contributed by atoms with E-state index in [4.69, 9.17) is 18.9 Å². The predicted octanol–water partition coefficient (Wildman–Crippen LogP) is 5.12. The molecule has 0 aliphatic heterocycles. The van der Waals surface area contributed by atoms with E-state index in [1.807, 2.05) is 58.0 Å². The van der Waals surface area contributed by atoms with Crippen LogP contribution in [0.5, 0.6) is 0 Å². The molecule has 3 aliphatic rings. The molecule has 2 bridgehead atoms. The molecule has 0 amide bonds. The Bertz CT molecular complexity index is 1370. The Labute approximate surface area is 259 Å². The van der Waals surface area contributed by atoms with Crippen LogP contribution in [0.3, 0.4) is 0 Å². The van der Waals surface area contributed by atoms with E-state index < -0.39 is 77.1 Å². The zero-order valence-electron chi connectivity index (χ0n) is 26.6. The van der Waals surface area contributed by atoms with Crippen LogP contribution in [0.25, 0.3) is 6.08 Å². The summed E-state index contributed by atoms with van der Waals surface area (Å²) in [7, 11) is 0. The van der Waals surface area contributed by atoms with Crippen LogP contribution in [0.4, 0.5) is 0 Å². The molecule has 0 heterocycles. The van der Waals surface area contributed by atoms with Crippen LogP contribution in [0.2, 0.25) is 0 Å². The molecular weight excluding hydrogens is 564 g/mol. The normalized spacial score (nSPS) is 33.0. The third-order valence-corrected chi connectivity index (χ3v) is 9.81. The van der Waals surface area contributed by atoms with Crippen LogP contribution in [0, 0.1) is 22.7 Å². The molecule has 0 saturated heterocycles. The highest BCUT2D eigenvalue weighted by molar-refractivity contribution is 5.87. The van der Waals surface area contributed by atoms with Crippen molar-refractivity contribution < 1.29 is 43.2 Å². The second-order valence-electron chi connectivity index (χ2n) is 13.1. The van der Waals surface area contributed by atoms with Crippen molar-refractivity contribution in [3.63, 3.8) is 0 Å². The molecule has 238 valence electrons. The average molecular weight is 609 g/mol. The third kappa shape index (κ3) is 6.39. The van der Waals surface area contributed by atoms with E-state index in [1.165, 1.54) is 26.8 Å². The van der Waals surface area contributed by atoms with Crippen LogP contribution >= 0.6 is 0 Å². The summed E-state index contributed by atoms with van der Waals surface area (Å²) < 4.78 is 23.7. The van der Waals surface area contributed by atoms with Crippen LogP contribution in [0.1, 0.15) is 73.3 Å². The van der Waals surface area contributed by atoms with Gasteiger partial charge in [0.05, 0.1) is 0 Å². The Balaban J connectivity index is 1.82. The summed E-state index contributed by atoms with van der Waals surface area (Å²) in [4.78, 5) is 50.3. The largest absolute Gasteiger partial charge is 0.462 e. The monoisotopic (exact) mass is 608 g/mol. The molecule has 0 radical (unpaired) electrons. The number of aliphatic hydroxyl groups excluding tert-OH is 1. The minimum Gasteiger partial charge on any atom is -0.462 e. The lowest BCUT2D eigenvalue weighted by Crippen LogP contribution is -2.63. The maximum Gasteiger partial charge on any atom is 0.331 e. The van der Waals surface area contributed by atoms with Crippen molar-refractivity contribution in [3.05, 3.63) is 65.3 Å². The van der Waals surface area contributed by atoms with Gasteiger partial charge in [-0.05, 0) is 60.0 Å². The van der Waals surface area contributed by atoms with Crippen molar-refractivity contribution in [1.29, 1.82) is 0 Å². The Morgan fingerprint density at radius 3 is 2.11 bits per heavy atom. The van der Waals surface area contributed by atoms with Gasteiger partial charge >= 0.3 is 23.9 Å². The molecule has 0 unspecified atom stereocenters. The Hall–Kier alpha value is -3.72. The smallest absolute Gasteiger partial charge is 0.331 e. The highest BCUT2D eigenvalue weighted by Gasteiger charge is 2.63. The number of ether oxygens (including phenoxy) is 4. The van der Waals surface area contributed by atoms with E-state index in [0.29, 0.717) is 36.0 Å². The van der Waals surface area contributed by atoms with Crippen molar-refractivity contribution in [2.75, 3.05) is 0 Å². The van der Waals surface area contributed by atoms with Crippen LogP contribution in [0.15, 0.2) is 59.7 Å². The van der Waals surface area contributed by atoms with Crippen molar-refractivity contribution >= 4 is 30.0 Å². The summed E-state index contributed by atoms with van der Waals surface area (Å²) in [6.07, 6.45) is -0.473. The first kappa shape index (κ1) is 33.2. The molecule has 3 aliphatic carbocycles. The first-order valence-corrected chi connectivity index (χ1v) is 15.1. The zero-order chi connectivity index (χ0) is 32.6. The predicted molar refractivity (Wildman–Crippen MR) is 163 cm³/mol. The van der Waals surface area contributed by atoms with Crippen LogP contribution in [-0.2, 0) is 38.1 Å². The standard InChI is InChI=1S/C35H44O9/c1-19-26(44-28(39)15-14-24-12-10-9-11-13-24)16-17-35(8)30(19)31(42-22(4)37)25-18-27(41-21(3)36)20(2)29(34(25,6)7)32(33(35)40)43-23(5)38/h9-15,25-27,30-33,40H,1,16-18H2,2-8H3/b15-14+/t25-,26-,27-,30-,31+,32+,33-,35+/m0/s1. The van der Waals surface area contributed by atoms with E-state index in [2.05, 4.69) is 6.58 Å². The van der Waals surface area contributed by atoms with Crippen molar-refractivity contribution in [2.45, 2.75) is 98.2 Å². The summed E-state index contributed by atoms with van der Waals surface area (Å²) >= 11 is 0. The number of esters is 4. The Morgan fingerprint density at radius 1 is 0.909 bits per heavy atom. The molecule has 0 aromatic heterocycles. The first-order valence-electron chi connectivity index (χ1n) is 15.1. The van der Waals surface area contributed by atoms with Gasteiger partial charge in [0.25, 0.3) is 0 Å². The molecule has 1 N–H and O–H groups in total. The van der Waals surface area contributed by atoms with Gasteiger partial charge in [-0.1, -0.05) is 57.7 Å². The Kier molecular flexibility index (Phi) is 9.59. The molecule has 9 heteroatoms. The molecule has 1 aromatic rings. The number of carbonyl (C=O) groups is 4. The minimum absolute atomic E-state index is 0.326. The molecule has 2 fully saturated rings. The maximum absolute atomic E-state index is 13.0. The van der Waals surface area contributed by atoms with Gasteiger partial charge in [0, 0.05) is 44.1 Å². The summed E-state index contributed by atoms with van der Waals surface area (Å²) in [6, 6.07) is 9.36. The minimum atomic E-state index is -1.25. The summed E-state index contributed by atoms with van der Waals surface area (Å²) in [5.74, 6) is -3.25. The van der Waals surface area contributed by atoms with Crippen molar-refractivity contribution in [2.24, 2.45) is 22.7 Å². The SMILES string of the molecule is C=C1[C@@H](OC(=O)/C=C/c2ccccc2)CC[C@@]2(C)[C@@H](O)[C@H](OC(C)=O)C3=C(C)[C@@H](OC(C)=O)C[C@@H]([C@@H](OC(C)=O)[C@H]12)C3(C)C. The molecule has 4 rings (SSSR count). The third-order valence-electron chi connectivity index (χ3n) is 9.81. The van der Waals surface area contributed by atoms with Gasteiger partial charge in [-0.3, -0.25) is 14.4 Å². The molecule has 0 spiro atoms. The number of aliphatic hydroxyl groups is 1. The quantitative estimate of drug-likeness (QED) is 0.203. The fourth-order valence-electron chi connectivity index (χ4n) is 7.80. The lowest BCUT2D eigenvalue weighted by atomic mass is 9.49. The van der Waals surface area contributed by atoms with Gasteiger partial charge in [0.2, 0.25) is 0 Å². The highest BCUT2D eigenvalue weighted by atomic mass is 16.6. The van der Waals surface area contributed by atoms with Gasteiger partial charge in [-0.2, -0.15) is 0 Å². The molecular formula is C35H44O9.